The monoisotopic (exact) mass is 618 g/mol. The minimum atomic E-state index is -1.10. The van der Waals surface area contributed by atoms with Gasteiger partial charge in [-0.1, -0.05) is 38.0 Å². The van der Waals surface area contributed by atoms with E-state index in [4.69, 9.17) is 9.76 Å². The molecule has 3 aliphatic rings. The number of hydrogen-bond donors (Lipinski definition) is 3. The number of amides is 2. The number of nitrogens with zero attached hydrogens (tertiary/aromatic N) is 2. The summed E-state index contributed by atoms with van der Waals surface area (Å²) in [5.41, 5.74) is 4.18. The van der Waals surface area contributed by atoms with Gasteiger partial charge in [0.1, 0.15) is 0 Å². The van der Waals surface area contributed by atoms with Crippen LogP contribution in [0.5, 0.6) is 5.75 Å². The van der Waals surface area contributed by atoms with Crippen LogP contribution in [0.15, 0.2) is 53.7 Å². The van der Waals surface area contributed by atoms with E-state index in [-0.39, 0.29) is 42.9 Å². The molecular weight excluding hydrogens is 578 g/mol. The van der Waals surface area contributed by atoms with Crippen LogP contribution in [0.3, 0.4) is 0 Å². The van der Waals surface area contributed by atoms with Crippen LogP contribution in [0.2, 0.25) is 6.32 Å². The maximum atomic E-state index is 14.2. The molecule has 9 nitrogen and oxygen atoms in total. The number of aromatic hydroxyl groups is 1. The molecule has 0 spiro atoms. The van der Waals surface area contributed by atoms with Crippen molar-refractivity contribution in [2.45, 2.75) is 71.2 Å². The van der Waals surface area contributed by atoms with Gasteiger partial charge in [-0.25, -0.2) is 4.39 Å². The zero-order valence-electron chi connectivity index (χ0n) is 25.7. The lowest BCUT2D eigenvalue weighted by Crippen LogP contribution is -2.46. The van der Waals surface area contributed by atoms with Crippen molar-refractivity contribution in [1.82, 2.24) is 9.88 Å². The van der Waals surface area contributed by atoms with Gasteiger partial charge < -0.3 is 19.9 Å². The molecule has 1 aliphatic carbocycles. The second-order valence-corrected chi connectivity index (χ2v) is 12.6. The van der Waals surface area contributed by atoms with E-state index in [1.54, 1.807) is 12.3 Å². The van der Waals surface area contributed by atoms with Crippen LogP contribution >= 0.6 is 0 Å². The van der Waals surface area contributed by atoms with E-state index < -0.39 is 42.6 Å². The quantitative estimate of drug-likeness (QED) is 0.125. The first-order chi connectivity index (χ1) is 21.5. The third-order valence-electron chi connectivity index (χ3n) is 9.29. The summed E-state index contributed by atoms with van der Waals surface area (Å²) in [6.07, 6.45) is 6.35. The Morgan fingerprint density at radius 2 is 1.93 bits per heavy atom. The smallest absolute Gasteiger partial charge is 0.455 e. The number of unbranched alkanes of at least 4 members (excludes halogenated alkanes) is 2. The SMILES string of the molecule is CC(C)C1=C2[C@@H](CC/C(=C/c3ccc(O)c(F)c3)c3ccccn3)OB(O)C[C@@H]2[C@@H]2C(=O)N(CCCCCC(=O)O)C(=O)[C@@H]2C1. The number of aliphatic carboxylic acids is 1. The predicted octanol–water partition coefficient (Wildman–Crippen LogP) is 5.35. The van der Waals surface area contributed by atoms with Crippen molar-refractivity contribution in [1.29, 1.82) is 0 Å². The molecule has 0 radical (unpaired) electrons. The number of carbonyl (C=O) groups is 3. The number of aromatic nitrogens is 1. The van der Waals surface area contributed by atoms with Crippen LogP contribution < -0.4 is 0 Å². The number of likely N-dealkylation sites (tertiary alicyclic amines) is 1. The van der Waals surface area contributed by atoms with Crippen molar-refractivity contribution in [2.75, 3.05) is 6.54 Å². The van der Waals surface area contributed by atoms with Crippen molar-refractivity contribution in [3.05, 3.63) is 70.8 Å². The normalized spacial score (nSPS) is 23.5. The fourth-order valence-electron chi connectivity index (χ4n) is 7.19. The van der Waals surface area contributed by atoms with Crippen LogP contribution in [0.25, 0.3) is 11.6 Å². The van der Waals surface area contributed by atoms with Gasteiger partial charge in [0.15, 0.2) is 11.6 Å². The summed E-state index contributed by atoms with van der Waals surface area (Å²) in [4.78, 5) is 44.0. The topological polar surface area (TPSA) is 137 Å². The van der Waals surface area contributed by atoms with Gasteiger partial charge in [0, 0.05) is 19.2 Å². The van der Waals surface area contributed by atoms with Gasteiger partial charge in [-0.15, -0.1) is 0 Å². The summed E-state index contributed by atoms with van der Waals surface area (Å²) in [7, 11) is -1.10. The number of halogens is 1. The number of carboxylic acid groups (broad SMARTS) is 1. The summed E-state index contributed by atoms with van der Waals surface area (Å²) in [5, 5.41) is 29.5. The molecule has 2 amide bonds. The summed E-state index contributed by atoms with van der Waals surface area (Å²) in [5.74, 6) is -3.70. The highest BCUT2D eigenvalue weighted by Gasteiger charge is 2.57. The number of phenolic OH excluding ortho intramolecular Hbond substituents is 1. The van der Waals surface area contributed by atoms with Crippen LogP contribution in [0.4, 0.5) is 4.39 Å². The molecule has 0 unspecified atom stereocenters. The summed E-state index contributed by atoms with van der Waals surface area (Å²) in [6.45, 7) is 4.41. The molecule has 3 N–H and O–H groups in total. The molecule has 2 saturated heterocycles. The Hall–Kier alpha value is -3.83. The zero-order chi connectivity index (χ0) is 32.2. The maximum absolute atomic E-state index is 14.2. The fraction of sp³-hybridized carbons (Fsp3) is 0.471. The largest absolute Gasteiger partial charge is 0.505 e. The number of allylic oxidation sites excluding steroid dienone is 2. The molecule has 238 valence electrons. The van der Waals surface area contributed by atoms with Gasteiger partial charge in [-0.05, 0) is 97.3 Å². The van der Waals surface area contributed by atoms with E-state index in [1.165, 1.54) is 17.0 Å². The van der Waals surface area contributed by atoms with Gasteiger partial charge in [-0.2, -0.15) is 0 Å². The molecule has 3 heterocycles. The second-order valence-electron chi connectivity index (χ2n) is 12.6. The van der Waals surface area contributed by atoms with E-state index >= 15 is 0 Å². The van der Waals surface area contributed by atoms with Gasteiger partial charge in [0.25, 0.3) is 0 Å². The predicted molar refractivity (Wildman–Crippen MR) is 167 cm³/mol. The van der Waals surface area contributed by atoms with Crippen LogP contribution in [-0.4, -0.2) is 62.7 Å². The third-order valence-corrected chi connectivity index (χ3v) is 9.29. The number of pyridine rings is 1. The van der Waals surface area contributed by atoms with Crippen molar-refractivity contribution in [3.63, 3.8) is 0 Å². The number of fused-ring (bicyclic) bond motifs is 3. The average Bonchev–Trinajstić information content (AvgIpc) is 3.25. The third kappa shape index (κ3) is 7.20. The molecule has 2 aliphatic heterocycles. The number of imide groups is 1. The Morgan fingerprint density at radius 1 is 1.13 bits per heavy atom. The van der Waals surface area contributed by atoms with Crippen LogP contribution in [0.1, 0.15) is 70.1 Å². The number of hydrogen-bond acceptors (Lipinski definition) is 7. The standard InChI is InChI=1S/C34H40BFN2O7/c1-20(2)23-18-24-32(34(43)38(33(24)42)15-7-3-4-9-30(40)41)25-19-35(44)45-29(31(23)25)13-11-22(27-8-5-6-14-37-27)16-21-10-12-28(39)26(36)17-21/h5-6,8,10,12,14,16-17,20,24-25,29,32,39,44H,3-4,7,9,11,13,15,18-19H2,1-2H3,(H,40,41)/b22-16-/t24-,25+,29-,32-/m1/s1. The molecule has 0 bridgehead atoms. The van der Waals surface area contributed by atoms with E-state index in [9.17, 15) is 28.9 Å². The molecule has 5 rings (SSSR count). The Bertz CT molecular complexity index is 1490. The summed E-state index contributed by atoms with van der Waals surface area (Å²) < 4.78 is 20.3. The molecule has 1 aromatic heterocycles. The Balaban J connectivity index is 1.40. The molecule has 2 fully saturated rings. The first-order valence-electron chi connectivity index (χ1n) is 15.8. The Morgan fingerprint density at radius 3 is 2.62 bits per heavy atom. The van der Waals surface area contributed by atoms with Crippen molar-refractivity contribution in [3.8, 4) is 5.75 Å². The van der Waals surface area contributed by atoms with Gasteiger partial charge in [0.05, 0.1) is 23.6 Å². The highest BCUT2D eigenvalue weighted by molar-refractivity contribution is 6.43. The number of benzene rings is 1. The Labute approximate surface area is 263 Å². The number of carboxylic acids is 1. The lowest BCUT2D eigenvalue weighted by Gasteiger charge is -2.44. The molecule has 45 heavy (non-hydrogen) atoms. The minimum Gasteiger partial charge on any atom is -0.505 e. The lowest BCUT2D eigenvalue weighted by molar-refractivity contribution is -0.141. The van der Waals surface area contributed by atoms with Crippen molar-refractivity contribution in [2.24, 2.45) is 23.7 Å². The first-order valence-corrected chi connectivity index (χ1v) is 15.8. The lowest BCUT2D eigenvalue weighted by atomic mass is 9.57. The maximum Gasteiger partial charge on any atom is 0.455 e. The van der Waals surface area contributed by atoms with Gasteiger partial charge in [-0.3, -0.25) is 24.3 Å². The molecule has 11 heteroatoms. The first kappa shape index (κ1) is 32.6. The number of rotatable bonds is 12. The highest BCUT2D eigenvalue weighted by atomic mass is 19.1. The fourth-order valence-corrected chi connectivity index (χ4v) is 7.19. The zero-order valence-corrected chi connectivity index (χ0v) is 25.7. The summed E-state index contributed by atoms with van der Waals surface area (Å²) >= 11 is 0. The number of phenols is 1. The molecule has 2 aromatic rings. The van der Waals surface area contributed by atoms with E-state index in [0.29, 0.717) is 49.8 Å². The summed E-state index contributed by atoms with van der Waals surface area (Å²) in [6, 6.07) is 9.73. The highest BCUT2D eigenvalue weighted by Crippen LogP contribution is 2.52. The average molecular weight is 619 g/mol. The molecule has 0 saturated carbocycles. The van der Waals surface area contributed by atoms with Gasteiger partial charge in [0.2, 0.25) is 11.8 Å². The van der Waals surface area contributed by atoms with Crippen LogP contribution in [-0.2, 0) is 19.0 Å². The van der Waals surface area contributed by atoms with E-state index in [0.717, 1.165) is 16.7 Å². The van der Waals surface area contributed by atoms with E-state index in [1.807, 2.05) is 24.3 Å². The number of carbonyl (C=O) groups excluding carboxylic acids is 2. The minimum absolute atomic E-state index is 0.0581. The Kier molecular flexibility index (Phi) is 10.2. The van der Waals surface area contributed by atoms with Gasteiger partial charge >= 0.3 is 13.1 Å². The van der Waals surface area contributed by atoms with E-state index in [2.05, 4.69) is 18.8 Å². The molecule has 1 aromatic carbocycles. The van der Waals surface area contributed by atoms with Crippen LogP contribution in [0, 0.1) is 29.5 Å². The molecule has 4 atom stereocenters. The molecular formula is C34H40BFN2O7. The second kappa shape index (κ2) is 14.1. The van der Waals surface area contributed by atoms with Crippen molar-refractivity contribution >= 4 is 36.6 Å². The van der Waals surface area contributed by atoms with Crippen molar-refractivity contribution < 1.29 is 38.7 Å².